The first-order valence-electron chi connectivity index (χ1n) is 6.12. The number of carbonyl (C=O) groups is 1. The molecule has 100 valence electrons. The molecule has 0 saturated carbocycles. The van der Waals surface area contributed by atoms with Gasteiger partial charge in [0.25, 0.3) is 0 Å². The first-order chi connectivity index (χ1) is 9.08. The number of para-hydroxylation sites is 1. The molecule has 1 atom stereocenters. The van der Waals surface area contributed by atoms with Crippen molar-refractivity contribution in [3.05, 3.63) is 52.6 Å². The average Bonchev–Trinajstić information content (AvgIpc) is 2.38. The number of allylic oxidation sites excluding steroid dienone is 3. The second kappa shape index (κ2) is 6.27. The van der Waals surface area contributed by atoms with Gasteiger partial charge in [0.2, 0.25) is 5.91 Å². The Labute approximate surface area is 123 Å². The smallest absolute Gasteiger partial charge is 0.228 e. The molecule has 0 aliphatic heterocycles. The van der Waals surface area contributed by atoms with Crippen molar-refractivity contribution in [1.29, 1.82) is 0 Å². The second-order valence-electron chi connectivity index (χ2n) is 4.53. The van der Waals surface area contributed by atoms with Gasteiger partial charge in [0.05, 0.1) is 16.1 Å². The molecule has 19 heavy (non-hydrogen) atoms. The molecule has 0 aromatic heterocycles. The van der Waals surface area contributed by atoms with Gasteiger partial charge in [-0.25, -0.2) is 0 Å². The highest BCUT2D eigenvalue weighted by molar-refractivity contribution is 6.33. The maximum Gasteiger partial charge on any atom is 0.228 e. The van der Waals surface area contributed by atoms with Crippen molar-refractivity contribution in [2.45, 2.75) is 25.1 Å². The SMILES string of the molecule is CC1=CCC=C(CC(=O)Nc2ccccc2Cl)C1Cl. The molecule has 1 unspecified atom stereocenters. The third-order valence-electron chi connectivity index (χ3n) is 3.06. The lowest BCUT2D eigenvalue weighted by Gasteiger charge is -2.18. The minimum Gasteiger partial charge on any atom is -0.324 e. The summed E-state index contributed by atoms with van der Waals surface area (Å²) in [5.74, 6) is -0.0975. The predicted molar refractivity (Wildman–Crippen MR) is 80.8 cm³/mol. The second-order valence-corrected chi connectivity index (χ2v) is 5.37. The van der Waals surface area contributed by atoms with Gasteiger partial charge in [0.1, 0.15) is 0 Å². The Morgan fingerprint density at radius 2 is 2.11 bits per heavy atom. The standard InChI is InChI=1S/C15H15Cl2NO/c1-10-5-4-6-11(15(10)17)9-14(19)18-13-8-3-2-7-12(13)16/h2-3,5-8,15H,4,9H2,1H3,(H,18,19). The molecule has 4 heteroatoms. The highest BCUT2D eigenvalue weighted by atomic mass is 35.5. The summed E-state index contributed by atoms with van der Waals surface area (Å²) < 4.78 is 0. The van der Waals surface area contributed by atoms with E-state index in [1.165, 1.54) is 0 Å². The fraction of sp³-hybridized carbons (Fsp3) is 0.267. The van der Waals surface area contributed by atoms with E-state index in [1.807, 2.05) is 25.1 Å². The van der Waals surface area contributed by atoms with Gasteiger partial charge >= 0.3 is 0 Å². The third-order valence-corrected chi connectivity index (χ3v) is 4.01. The lowest BCUT2D eigenvalue weighted by Crippen LogP contribution is -2.18. The molecular weight excluding hydrogens is 281 g/mol. The summed E-state index contributed by atoms with van der Waals surface area (Å²) in [5.41, 5.74) is 2.68. The monoisotopic (exact) mass is 295 g/mol. The molecule has 0 spiro atoms. The Kier molecular flexibility index (Phi) is 4.67. The van der Waals surface area contributed by atoms with Crippen LogP contribution in [0.1, 0.15) is 19.8 Å². The topological polar surface area (TPSA) is 29.1 Å². The van der Waals surface area contributed by atoms with E-state index >= 15 is 0 Å². The van der Waals surface area contributed by atoms with E-state index in [4.69, 9.17) is 23.2 Å². The van der Waals surface area contributed by atoms with Crippen molar-refractivity contribution >= 4 is 34.8 Å². The third kappa shape index (κ3) is 3.62. The molecule has 1 aliphatic rings. The minimum atomic E-state index is -0.175. The number of anilines is 1. The van der Waals surface area contributed by atoms with Crippen LogP contribution in [0.4, 0.5) is 5.69 Å². The number of hydrogen-bond acceptors (Lipinski definition) is 1. The predicted octanol–water partition coefficient (Wildman–Crippen LogP) is 4.55. The highest BCUT2D eigenvalue weighted by Crippen LogP contribution is 2.27. The van der Waals surface area contributed by atoms with Gasteiger partial charge in [-0.15, -0.1) is 11.6 Å². The lowest BCUT2D eigenvalue weighted by molar-refractivity contribution is -0.115. The van der Waals surface area contributed by atoms with E-state index in [2.05, 4.69) is 11.4 Å². The number of carbonyl (C=O) groups excluding carboxylic acids is 1. The first kappa shape index (κ1) is 14.2. The molecule has 0 radical (unpaired) electrons. The molecule has 2 rings (SSSR count). The van der Waals surface area contributed by atoms with Crippen molar-refractivity contribution in [1.82, 2.24) is 0 Å². The summed E-state index contributed by atoms with van der Waals surface area (Å²) in [4.78, 5) is 12.0. The van der Waals surface area contributed by atoms with Gasteiger partial charge in [-0.1, -0.05) is 41.5 Å². The Hall–Kier alpha value is -1.25. The molecule has 1 aliphatic carbocycles. The number of alkyl halides is 1. The average molecular weight is 296 g/mol. The fourth-order valence-electron chi connectivity index (χ4n) is 2.00. The van der Waals surface area contributed by atoms with Crippen LogP contribution in [0.2, 0.25) is 5.02 Å². The number of benzene rings is 1. The molecule has 0 heterocycles. The van der Waals surface area contributed by atoms with E-state index < -0.39 is 0 Å². The summed E-state index contributed by atoms with van der Waals surface area (Å²) in [5, 5.41) is 3.16. The van der Waals surface area contributed by atoms with Gasteiger partial charge in [0, 0.05) is 6.42 Å². The first-order valence-corrected chi connectivity index (χ1v) is 6.93. The van der Waals surface area contributed by atoms with Crippen LogP contribution in [0.5, 0.6) is 0 Å². The van der Waals surface area contributed by atoms with Gasteiger partial charge in [0.15, 0.2) is 0 Å². The zero-order valence-corrected chi connectivity index (χ0v) is 12.1. The van der Waals surface area contributed by atoms with Crippen LogP contribution >= 0.6 is 23.2 Å². The Bertz CT molecular complexity index is 549. The lowest BCUT2D eigenvalue weighted by atomic mass is 9.96. The maximum atomic E-state index is 12.0. The van der Waals surface area contributed by atoms with E-state index in [0.29, 0.717) is 17.1 Å². The summed E-state index contributed by atoms with van der Waals surface area (Å²) in [6, 6.07) is 7.18. The molecule has 1 amide bonds. The van der Waals surface area contributed by atoms with Crippen molar-refractivity contribution in [3.8, 4) is 0 Å². The van der Waals surface area contributed by atoms with Crippen LogP contribution in [-0.2, 0) is 4.79 Å². The zero-order valence-electron chi connectivity index (χ0n) is 10.6. The maximum absolute atomic E-state index is 12.0. The highest BCUT2D eigenvalue weighted by Gasteiger charge is 2.18. The number of rotatable bonds is 3. The molecular formula is C15H15Cl2NO. The summed E-state index contributed by atoms with van der Waals surface area (Å²) >= 11 is 12.3. The van der Waals surface area contributed by atoms with Gasteiger partial charge in [-0.3, -0.25) is 4.79 Å². The largest absolute Gasteiger partial charge is 0.324 e. The number of amides is 1. The molecule has 1 aromatic carbocycles. The van der Waals surface area contributed by atoms with E-state index in [-0.39, 0.29) is 11.3 Å². The summed E-state index contributed by atoms with van der Waals surface area (Å²) in [6.45, 7) is 1.98. The summed E-state index contributed by atoms with van der Waals surface area (Å²) in [7, 11) is 0. The van der Waals surface area contributed by atoms with E-state index in [9.17, 15) is 4.79 Å². The van der Waals surface area contributed by atoms with Crippen LogP contribution < -0.4 is 5.32 Å². The van der Waals surface area contributed by atoms with Crippen LogP contribution in [0.25, 0.3) is 0 Å². The van der Waals surface area contributed by atoms with Crippen molar-refractivity contribution < 1.29 is 4.79 Å². The van der Waals surface area contributed by atoms with Crippen molar-refractivity contribution in [3.63, 3.8) is 0 Å². The quantitative estimate of drug-likeness (QED) is 0.643. The zero-order chi connectivity index (χ0) is 13.8. The van der Waals surface area contributed by atoms with Crippen LogP contribution in [0.3, 0.4) is 0 Å². The number of halogens is 2. The molecule has 1 aromatic rings. The minimum absolute atomic E-state index is 0.0975. The molecule has 0 saturated heterocycles. The summed E-state index contributed by atoms with van der Waals surface area (Å²) in [6.07, 6.45) is 5.22. The fourth-order valence-corrected chi connectivity index (χ4v) is 2.44. The Morgan fingerprint density at radius 3 is 2.84 bits per heavy atom. The number of nitrogens with one attached hydrogen (secondary N) is 1. The van der Waals surface area contributed by atoms with Crippen molar-refractivity contribution in [2.24, 2.45) is 0 Å². The molecule has 1 N–H and O–H groups in total. The Balaban J connectivity index is 1.99. The number of hydrogen-bond donors (Lipinski definition) is 1. The molecule has 2 nitrogen and oxygen atoms in total. The van der Waals surface area contributed by atoms with Gasteiger partial charge in [-0.2, -0.15) is 0 Å². The molecule has 0 bridgehead atoms. The van der Waals surface area contributed by atoms with Gasteiger partial charge in [-0.05, 0) is 31.1 Å². The van der Waals surface area contributed by atoms with Crippen LogP contribution in [-0.4, -0.2) is 11.3 Å². The van der Waals surface area contributed by atoms with Crippen molar-refractivity contribution in [2.75, 3.05) is 5.32 Å². The van der Waals surface area contributed by atoms with E-state index in [0.717, 1.165) is 17.6 Å². The molecule has 0 fully saturated rings. The van der Waals surface area contributed by atoms with Crippen LogP contribution in [0, 0.1) is 0 Å². The Morgan fingerprint density at radius 1 is 1.37 bits per heavy atom. The van der Waals surface area contributed by atoms with E-state index in [1.54, 1.807) is 12.1 Å². The normalized spacial score (nSPS) is 18.6. The van der Waals surface area contributed by atoms with Crippen LogP contribution in [0.15, 0.2) is 47.6 Å². The van der Waals surface area contributed by atoms with Gasteiger partial charge < -0.3 is 5.32 Å².